The first kappa shape index (κ1) is 34.7. The van der Waals surface area contributed by atoms with Crippen LogP contribution in [0.3, 0.4) is 0 Å². The molecule has 0 bridgehead atoms. The maximum absolute atomic E-state index is 6.49. The van der Waals surface area contributed by atoms with Crippen molar-refractivity contribution in [3.05, 3.63) is 90.5 Å². The molecule has 4 aromatic rings. The summed E-state index contributed by atoms with van der Waals surface area (Å²) in [5.74, 6) is 3.27. The first-order chi connectivity index (χ1) is 23.0. The predicted molar refractivity (Wildman–Crippen MR) is 200 cm³/mol. The zero-order chi connectivity index (χ0) is 34.4. The van der Waals surface area contributed by atoms with Gasteiger partial charge < -0.3 is 30.7 Å². The van der Waals surface area contributed by atoms with Crippen LogP contribution in [0.2, 0.25) is 0 Å². The number of amidine groups is 1. The molecule has 5 rings (SSSR count). The van der Waals surface area contributed by atoms with Crippen molar-refractivity contribution in [2.75, 3.05) is 44.4 Å². The number of methoxy groups -OCH3 is 1. The number of likely N-dealkylation sites (N-methyl/N-ethyl adjacent to an activating group) is 1. The van der Waals surface area contributed by atoms with Gasteiger partial charge in [0.1, 0.15) is 23.0 Å². The number of benzene rings is 3. The average molecular weight is 650 g/mol. The first-order valence-electron chi connectivity index (χ1n) is 16.8. The van der Waals surface area contributed by atoms with Gasteiger partial charge in [-0.15, -0.1) is 0 Å². The van der Waals surface area contributed by atoms with Crippen LogP contribution in [0, 0.1) is 0 Å². The molecule has 2 heterocycles. The zero-order valence-corrected chi connectivity index (χ0v) is 29.6. The van der Waals surface area contributed by atoms with Crippen molar-refractivity contribution in [1.82, 2.24) is 14.8 Å². The second-order valence-corrected chi connectivity index (χ2v) is 13.5. The standard InChI is InChI=1S/C39H51N7O2/c1-9-29-25-46(20-19-45(29)7)24-28-23-30(17-18-41-28)48-36-16-15-33(31-13-11-12-14-32(31)36)42-26(3)43-34-21-27(39(4,5)6)22-35(38(34)47-8)44-37(40)10-2/h11-18,21-23,29,42-43H,3,9-10,19-20,24-25H2,1-2,4-8H3,(H2,40,44). The smallest absolute Gasteiger partial charge is 0.168 e. The fourth-order valence-electron chi connectivity index (χ4n) is 6.05. The van der Waals surface area contributed by atoms with Crippen LogP contribution in [0.15, 0.2) is 84.3 Å². The number of nitrogens with one attached hydrogen (secondary N) is 2. The van der Waals surface area contributed by atoms with E-state index in [9.17, 15) is 0 Å². The molecule has 0 saturated carbocycles. The maximum atomic E-state index is 6.49. The summed E-state index contributed by atoms with van der Waals surface area (Å²) in [6.45, 7) is 19.0. The topological polar surface area (TPSA) is 100 Å². The minimum Gasteiger partial charge on any atom is -0.492 e. The lowest BCUT2D eigenvalue weighted by Gasteiger charge is -2.39. The van der Waals surface area contributed by atoms with E-state index < -0.39 is 0 Å². The lowest BCUT2D eigenvalue weighted by atomic mass is 9.86. The Kier molecular flexibility index (Phi) is 10.9. The van der Waals surface area contributed by atoms with E-state index in [1.807, 2.05) is 49.5 Å². The summed E-state index contributed by atoms with van der Waals surface area (Å²) in [4.78, 5) is 14.3. The van der Waals surface area contributed by atoms with Gasteiger partial charge in [-0.25, -0.2) is 4.99 Å². The third-order valence-corrected chi connectivity index (χ3v) is 8.95. The van der Waals surface area contributed by atoms with E-state index in [0.717, 1.165) is 77.5 Å². The summed E-state index contributed by atoms with van der Waals surface area (Å²) >= 11 is 0. The third kappa shape index (κ3) is 8.27. The molecule has 48 heavy (non-hydrogen) atoms. The molecule has 9 nitrogen and oxygen atoms in total. The number of nitrogens with zero attached hydrogens (tertiary/aromatic N) is 4. The van der Waals surface area contributed by atoms with Gasteiger partial charge in [-0.05, 0) is 54.8 Å². The fraction of sp³-hybridized carbons (Fsp3) is 0.385. The summed E-state index contributed by atoms with van der Waals surface area (Å²) < 4.78 is 12.3. The number of pyridine rings is 1. The van der Waals surface area contributed by atoms with Crippen LogP contribution in [0.1, 0.15) is 58.7 Å². The normalized spacial score (nSPS) is 16.1. The van der Waals surface area contributed by atoms with E-state index in [4.69, 9.17) is 15.2 Å². The quantitative estimate of drug-likeness (QED) is 0.104. The number of piperazine rings is 1. The highest BCUT2D eigenvalue weighted by atomic mass is 16.5. The number of ether oxygens (including phenoxy) is 2. The van der Waals surface area contributed by atoms with Crippen molar-refractivity contribution in [3.63, 3.8) is 0 Å². The molecule has 9 heteroatoms. The molecule has 3 aromatic carbocycles. The summed E-state index contributed by atoms with van der Waals surface area (Å²) in [5.41, 5.74) is 10.5. The van der Waals surface area contributed by atoms with Gasteiger partial charge in [0.25, 0.3) is 0 Å². The van der Waals surface area contributed by atoms with E-state index >= 15 is 0 Å². The molecule has 0 aliphatic carbocycles. The second kappa shape index (κ2) is 15.1. The van der Waals surface area contributed by atoms with Crippen LogP contribution in [-0.2, 0) is 12.0 Å². The Hall–Kier alpha value is -4.60. The van der Waals surface area contributed by atoms with Crippen LogP contribution in [0.5, 0.6) is 17.2 Å². The molecule has 0 spiro atoms. The molecule has 1 aliphatic heterocycles. The Morgan fingerprint density at radius 2 is 1.77 bits per heavy atom. The zero-order valence-electron chi connectivity index (χ0n) is 29.6. The van der Waals surface area contributed by atoms with Gasteiger partial charge in [-0.3, -0.25) is 9.88 Å². The number of aliphatic imine (C=N–C) groups is 1. The Labute approximate surface area is 285 Å². The first-order valence-corrected chi connectivity index (χ1v) is 16.8. The van der Waals surface area contributed by atoms with Crippen molar-refractivity contribution < 1.29 is 9.47 Å². The van der Waals surface area contributed by atoms with Gasteiger partial charge in [0.05, 0.1) is 24.3 Å². The van der Waals surface area contributed by atoms with E-state index in [2.05, 4.69) is 96.0 Å². The monoisotopic (exact) mass is 649 g/mol. The number of hydrogen-bond donors (Lipinski definition) is 3. The molecule has 1 saturated heterocycles. The molecule has 254 valence electrons. The van der Waals surface area contributed by atoms with Crippen LogP contribution in [0.4, 0.5) is 17.1 Å². The van der Waals surface area contributed by atoms with Gasteiger partial charge in [-0.1, -0.05) is 65.5 Å². The van der Waals surface area contributed by atoms with E-state index in [1.165, 1.54) is 0 Å². The van der Waals surface area contributed by atoms with Gasteiger partial charge in [-0.2, -0.15) is 0 Å². The molecular formula is C39H51N7O2. The fourth-order valence-corrected chi connectivity index (χ4v) is 6.05. The minimum absolute atomic E-state index is 0.118. The highest BCUT2D eigenvalue weighted by molar-refractivity contribution is 5.98. The number of rotatable bonds is 12. The van der Waals surface area contributed by atoms with Crippen molar-refractivity contribution >= 4 is 33.7 Å². The van der Waals surface area contributed by atoms with Crippen molar-refractivity contribution in [2.24, 2.45) is 10.7 Å². The van der Waals surface area contributed by atoms with Crippen LogP contribution < -0.4 is 25.8 Å². The van der Waals surface area contributed by atoms with E-state index in [1.54, 1.807) is 7.11 Å². The van der Waals surface area contributed by atoms with Gasteiger partial charge in [0.2, 0.25) is 0 Å². The number of aromatic nitrogens is 1. The lowest BCUT2D eigenvalue weighted by Crippen LogP contribution is -2.50. The largest absolute Gasteiger partial charge is 0.492 e. The average Bonchev–Trinajstić information content (AvgIpc) is 3.06. The lowest BCUT2D eigenvalue weighted by molar-refractivity contribution is 0.0875. The molecule has 1 atom stereocenters. The Morgan fingerprint density at radius 3 is 2.48 bits per heavy atom. The van der Waals surface area contributed by atoms with Crippen LogP contribution in [0.25, 0.3) is 10.8 Å². The molecule has 1 unspecified atom stereocenters. The predicted octanol–water partition coefficient (Wildman–Crippen LogP) is 8.25. The van der Waals surface area contributed by atoms with Gasteiger partial charge in [0.15, 0.2) is 5.75 Å². The molecule has 0 radical (unpaired) electrons. The summed E-state index contributed by atoms with van der Waals surface area (Å²) in [7, 11) is 3.86. The highest BCUT2D eigenvalue weighted by Crippen LogP contribution is 2.41. The SMILES string of the molecule is C=C(Nc1cc(C(C)(C)C)cc(N=C(N)CC)c1OC)Nc1ccc(Oc2ccnc(CN3CCN(C)C(CC)C3)c2)c2ccccc12. The van der Waals surface area contributed by atoms with E-state index in [0.29, 0.717) is 35.6 Å². The number of anilines is 2. The summed E-state index contributed by atoms with van der Waals surface area (Å²) in [5, 5.41) is 8.90. The molecular weight excluding hydrogens is 598 g/mol. The summed E-state index contributed by atoms with van der Waals surface area (Å²) in [6, 6.07) is 20.9. The van der Waals surface area contributed by atoms with Crippen molar-refractivity contribution in [2.45, 2.75) is 65.5 Å². The van der Waals surface area contributed by atoms with Crippen LogP contribution >= 0.6 is 0 Å². The number of fused-ring (bicyclic) bond motifs is 1. The molecule has 4 N–H and O–H groups in total. The van der Waals surface area contributed by atoms with Crippen molar-refractivity contribution in [3.8, 4) is 17.2 Å². The van der Waals surface area contributed by atoms with E-state index in [-0.39, 0.29) is 5.41 Å². The van der Waals surface area contributed by atoms with Gasteiger partial charge >= 0.3 is 0 Å². The van der Waals surface area contributed by atoms with Crippen molar-refractivity contribution in [1.29, 1.82) is 0 Å². The molecule has 1 fully saturated rings. The second-order valence-electron chi connectivity index (χ2n) is 13.5. The number of nitrogens with two attached hydrogens (primary N) is 1. The molecule has 1 aliphatic rings. The van der Waals surface area contributed by atoms with Crippen LogP contribution in [-0.4, -0.2) is 60.5 Å². The number of hydrogen-bond acceptors (Lipinski definition) is 8. The highest BCUT2D eigenvalue weighted by Gasteiger charge is 2.23. The van der Waals surface area contributed by atoms with Gasteiger partial charge in [0, 0.05) is 67.4 Å². The third-order valence-electron chi connectivity index (χ3n) is 8.95. The molecule has 1 aromatic heterocycles. The molecule has 0 amide bonds. The Bertz CT molecular complexity index is 1780. The Morgan fingerprint density at radius 1 is 1.02 bits per heavy atom. The maximum Gasteiger partial charge on any atom is 0.168 e. The Balaban J connectivity index is 1.36. The summed E-state index contributed by atoms with van der Waals surface area (Å²) in [6.07, 6.45) is 3.63. The minimum atomic E-state index is -0.118.